The zero-order valence-electron chi connectivity index (χ0n) is 15.0. The van der Waals surface area contributed by atoms with Crippen LogP contribution in [0.2, 0.25) is 0 Å². The molecule has 7 nitrogen and oxygen atoms in total. The third kappa shape index (κ3) is 4.18. The van der Waals surface area contributed by atoms with Gasteiger partial charge in [0.05, 0.1) is 12.4 Å². The van der Waals surface area contributed by atoms with Gasteiger partial charge in [-0.15, -0.1) is 0 Å². The summed E-state index contributed by atoms with van der Waals surface area (Å²) in [6.07, 6.45) is 0.128. The van der Waals surface area contributed by atoms with E-state index < -0.39 is 36.1 Å². The van der Waals surface area contributed by atoms with Gasteiger partial charge < -0.3 is 15.8 Å². The second-order valence-electron chi connectivity index (χ2n) is 6.14. The van der Waals surface area contributed by atoms with E-state index in [1.807, 2.05) is 0 Å². The molecule has 152 valence electrons. The maximum Gasteiger partial charge on any atom is 0.288 e. The first kappa shape index (κ1) is 20.2. The fourth-order valence-electron chi connectivity index (χ4n) is 2.76. The summed E-state index contributed by atoms with van der Waals surface area (Å²) in [5.74, 6) is -1.31. The van der Waals surface area contributed by atoms with Gasteiger partial charge in [0.25, 0.3) is 18.4 Å². The third-order valence-corrected chi connectivity index (χ3v) is 4.04. The molecule has 0 unspecified atom stereocenters. The maximum atomic E-state index is 14.5. The number of amidine groups is 1. The van der Waals surface area contributed by atoms with Crippen molar-refractivity contribution < 1.29 is 27.1 Å². The molecule has 3 N–H and O–H groups in total. The summed E-state index contributed by atoms with van der Waals surface area (Å²) >= 11 is 0. The Hall–Kier alpha value is -3.50. The molecule has 1 aliphatic rings. The Morgan fingerprint density at radius 2 is 2.07 bits per heavy atom. The number of rotatable bonds is 5. The highest BCUT2D eigenvalue weighted by molar-refractivity contribution is 6.02. The number of aliphatic imine (C=N–C) groups is 1. The summed E-state index contributed by atoms with van der Waals surface area (Å²) < 4.78 is 58.5. The van der Waals surface area contributed by atoms with Crippen molar-refractivity contribution in [1.82, 2.24) is 9.97 Å². The highest BCUT2D eigenvalue weighted by atomic mass is 19.3. The lowest BCUT2D eigenvalue weighted by Crippen LogP contribution is -2.34. The topological polar surface area (TPSA) is 102 Å². The van der Waals surface area contributed by atoms with E-state index in [2.05, 4.69) is 20.3 Å². The number of hydrogen-bond acceptors (Lipinski definition) is 6. The fraction of sp³-hybridized carbons (Fsp3) is 0.222. The molecule has 0 fully saturated rings. The minimum absolute atomic E-state index is 0.102. The van der Waals surface area contributed by atoms with Crippen molar-refractivity contribution in [2.75, 3.05) is 12.0 Å². The Balaban J connectivity index is 1.91. The van der Waals surface area contributed by atoms with E-state index in [1.165, 1.54) is 25.1 Å². The number of nitrogens with two attached hydrogens (primary N) is 1. The number of aromatic nitrogens is 2. The molecule has 0 aliphatic carbocycles. The lowest BCUT2D eigenvalue weighted by Gasteiger charge is -2.29. The fourth-order valence-corrected chi connectivity index (χ4v) is 2.76. The highest BCUT2D eigenvalue weighted by Crippen LogP contribution is 2.35. The first-order valence-electron chi connectivity index (χ1n) is 8.24. The predicted octanol–water partition coefficient (Wildman–Crippen LogP) is 3.22. The Morgan fingerprint density at radius 3 is 2.66 bits per heavy atom. The molecule has 29 heavy (non-hydrogen) atoms. The number of hydrogen-bond donors (Lipinski definition) is 2. The van der Waals surface area contributed by atoms with Crippen molar-refractivity contribution in [3.8, 4) is 0 Å². The largest absolute Gasteiger partial charge is 0.431 e. The van der Waals surface area contributed by atoms with Gasteiger partial charge in [0, 0.05) is 11.3 Å². The first-order chi connectivity index (χ1) is 13.7. The molecule has 1 aliphatic heterocycles. The molecule has 1 atom stereocenters. The lowest BCUT2D eigenvalue weighted by atomic mass is 9.89. The number of nitrogens with one attached hydrogen (secondary N) is 1. The van der Waals surface area contributed by atoms with Crippen LogP contribution in [-0.4, -0.2) is 28.6 Å². The summed E-state index contributed by atoms with van der Waals surface area (Å²) in [4.78, 5) is 23.2. The van der Waals surface area contributed by atoms with E-state index in [9.17, 15) is 22.4 Å². The Morgan fingerprint density at radius 1 is 1.31 bits per heavy atom. The second kappa shape index (κ2) is 7.86. The first-order valence-corrected chi connectivity index (χ1v) is 8.24. The second-order valence-corrected chi connectivity index (χ2v) is 6.14. The van der Waals surface area contributed by atoms with Crippen LogP contribution in [-0.2, 0) is 10.3 Å². The molecular weight excluding hydrogens is 394 g/mol. The molecule has 0 spiro atoms. The molecule has 2 aromatic rings. The van der Waals surface area contributed by atoms with Crippen LogP contribution in [0.1, 0.15) is 35.1 Å². The quantitative estimate of drug-likeness (QED) is 0.739. The number of anilines is 1. The summed E-state index contributed by atoms with van der Waals surface area (Å²) in [5.41, 5.74) is 2.91. The number of benzene rings is 1. The van der Waals surface area contributed by atoms with Gasteiger partial charge in [-0.3, -0.25) is 9.78 Å². The molecule has 11 heteroatoms. The molecule has 0 bridgehead atoms. The van der Waals surface area contributed by atoms with Gasteiger partial charge in [0.1, 0.15) is 35.2 Å². The number of carbonyl (C=O) groups is 1. The highest BCUT2D eigenvalue weighted by Gasteiger charge is 2.36. The summed E-state index contributed by atoms with van der Waals surface area (Å²) in [7, 11) is 0. The Kier molecular flexibility index (Phi) is 5.48. The molecule has 0 saturated carbocycles. The standard InChI is InChI=1S/C18H15F4N5O2/c1-9-5-18(8-19,27-17(23)29-9)11-4-10(2-3-12(11)20)26-16(28)14-7-24-13(6-25-14)15(21)22/h2-7,15H,8H2,1H3,(H2,23,27)(H,26,28)/t18-/m1/s1. The van der Waals surface area contributed by atoms with Crippen LogP contribution in [0.25, 0.3) is 0 Å². The minimum atomic E-state index is -2.82. The molecule has 0 radical (unpaired) electrons. The van der Waals surface area contributed by atoms with Crippen LogP contribution in [0.15, 0.2) is 47.4 Å². The van der Waals surface area contributed by atoms with E-state index in [1.54, 1.807) is 0 Å². The van der Waals surface area contributed by atoms with Crippen molar-refractivity contribution >= 4 is 17.6 Å². The van der Waals surface area contributed by atoms with Gasteiger partial charge >= 0.3 is 0 Å². The van der Waals surface area contributed by atoms with E-state index in [0.29, 0.717) is 0 Å². The average Bonchev–Trinajstić information content (AvgIpc) is 2.68. The number of halogens is 4. The van der Waals surface area contributed by atoms with Gasteiger partial charge in [0.2, 0.25) is 0 Å². The molecule has 1 aromatic heterocycles. The van der Waals surface area contributed by atoms with E-state index in [0.717, 1.165) is 18.5 Å². The number of amides is 1. The summed E-state index contributed by atoms with van der Waals surface area (Å²) in [5, 5.41) is 2.43. The van der Waals surface area contributed by atoms with Gasteiger partial charge in [-0.05, 0) is 31.2 Å². The Bertz CT molecular complexity index is 974. The average molecular weight is 409 g/mol. The van der Waals surface area contributed by atoms with Crippen molar-refractivity contribution in [1.29, 1.82) is 0 Å². The number of alkyl halides is 3. The van der Waals surface area contributed by atoms with Crippen molar-refractivity contribution in [2.45, 2.75) is 18.9 Å². The van der Waals surface area contributed by atoms with Crippen molar-refractivity contribution in [3.63, 3.8) is 0 Å². The molecule has 2 heterocycles. The minimum Gasteiger partial charge on any atom is -0.431 e. The number of nitrogens with zero attached hydrogens (tertiary/aromatic N) is 3. The zero-order valence-corrected chi connectivity index (χ0v) is 15.0. The summed E-state index contributed by atoms with van der Waals surface area (Å²) in [6.45, 7) is 0.403. The van der Waals surface area contributed by atoms with Crippen LogP contribution >= 0.6 is 0 Å². The smallest absolute Gasteiger partial charge is 0.288 e. The van der Waals surface area contributed by atoms with Crippen LogP contribution in [0, 0.1) is 5.82 Å². The number of ether oxygens (including phenoxy) is 1. The molecule has 0 saturated heterocycles. The number of allylic oxidation sites excluding steroid dienone is 1. The molecule has 1 amide bonds. The summed E-state index contributed by atoms with van der Waals surface area (Å²) in [6, 6.07) is 3.13. The third-order valence-electron chi connectivity index (χ3n) is 4.04. The van der Waals surface area contributed by atoms with E-state index in [-0.39, 0.29) is 28.7 Å². The monoisotopic (exact) mass is 409 g/mol. The van der Waals surface area contributed by atoms with Gasteiger partial charge in [-0.25, -0.2) is 27.5 Å². The van der Waals surface area contributed by atoms with Crippen LogP contribution in [0.5, 0.6) is 0 Å². The van der Waals surface area contributed by atoms with Gasteiger partial charge in [-0.1, -0.05) is 0 Å². The maximum absolute atomic E-state index is 14.5. The van der Waals surface area contributed by atoms with Crippen molar-refractivity contribution in [2.24, 2.45) is 10.7 Å². The van der Waals surface area contributed by atoms with Crippen molar-refractivity contribution in [3.05, 3.63) is 65.2 Å². The van der Waals surface area contributed by atoms with E-state index in [4.69, 9.17) is 10.5 Å². The van der Waals surface area contributed by atoms with Crippen LogP contribution in [0.4, 0.5) is 23.2 Å². The number of carbonyl (C=O) groups excluding carboxylic acids is 1. The SMILES string of the molecule is CC1=C[C@@](CF)(c2cc(NC(=O)c3cnc(C(F)F)cn3)ccc2F)N=C(N)O1. The van der Waals surface area contributed by atoms with Gasteiger partial charge in [0.15, 0.2) is 0 Å². The molecule has 1 aromatic carbocycles. The van der Waals surface area contributed by atoms with Crippen LogP contribution in [0.3, 0.4) is 0 Å². The van der Waals surface area contributed by atoms with E-state index >= 15 is 0 Å². The Labute approximate surface area is 162 Å². The molecular formula is C18H15F4N5O2. The van der Waals surface area contributed by atoms with Crippen LogP contribution < -0.4 is 11.1 Å². The normalized spacial score (nSPS) is 18.7. The zero-order chi connectivity index (χ0) is 21.2. The van der Waals surface area contributed by atoms with Gasteiger partial charge in [-0.2, -0.15) is 0 Å². The lowest BCUT2D eigenvalue weighted by molar-refractivity contribution is 0.102. The predicted molar refractivity (Wildman–Crippen MR) is 95.5 cm³/mol. The molecule has 3 rings (SSSR count).